The Morgan fingerprint density at radius 3 is 2.72 bits per heavy atom. The van der Waals surface area contributed by atoms with E-state index in [-0.39, 0.29) is 41.0 Å². The molecule has 8 nitrogen and oxygen atoms in total. The molecule has 1 aromatic heterocycles. The minimum absolute atomic E-state index is 0.0202. The van der Waals surface area contributed by atoms with Crippen molar-refractivity contribution in [3.8, 4) is 0 Å². The maximum absolute atomic E-state index is 12.9. The lowest BCUT2D eigenvalue weighted by molar-refractivity contribution is 0.103. The highest BCUT2D eigenvalue weighted by molar-refractivity contribution is 7.90. The topological polar surface area (TPSA) is 111 Å². The fraction of sp³-hybridized carbons (Fsp3) is 0.312. The largest absolute Gasteiger partial charge is 0.395 e. The lowest BCUT2D eigenvalue weighted by Gasteiger charge is -2.13. The molecule has 0 saturated carbocycles. The van der Waals surface area contributed by atoms with Crippen molar-refractivity contribution in [1.82, 2.24) is 9.78 Å². The Balaban J connectivity index is 2.27. The van der Waals surface area contributed by atoms with Crippen LogP contribution in [-0.2, 0) is 21.7 Å². The number of rotatable bonds is 4. The summed E-state index contributed by atoms with van der Waals surface area (Å²) in [6.45, 7) is 1.69. The Hall–Kier alpha value is -2.68. The van der Waals surface area contributed by atoms with Gasteiger partial charge in [0, 0.05) is 41.1 Å². The first-order chi connectivity index (χ1) is 13.0. The Bertz CT molecular complexity index is 1160. The van der Waals surface area contributed by atoms with Gasteiger partial charge in [-0.2, -0.15) is 0 Å². The summed E-state index contributed by atoms with van der Waals surface area (Å²) >= 11 is 0. The van der Waals surface area contributed by atoms with E-state index in [2.05, 4.69) is 10.3 Å². The van der Waals surface area contributed by atoms with Gasteiger partial charge in [0.2, 0.25) is 0 Å². The number of nitrogens with zero attached hydrogens (tertiary/aromatic N) is 2. The summed E-state index contributed by atoms with van der Waals surface area (Å²) in [5.74, 6) is -0.613. The van der Waals surface area contributed by atoms with Crippen molar-refractivity contribution >= 4 is 21.3 Å². The zero-order valence-corrected chi connectivity index (χ0v) is 14.3. The zero-order chi connectivity index (χ0) is 20.9. The summed E-state index contributed by atoms with van der Waals surface area (Å²) in [6, 6.07) is 2.28. The molecular weight excluding hydrogens is 346 g/mol. The molecule has 0 spiro atoms. The summed E-state index contributed by atoms with van der Waals surface area (Å²) in [6.07, 6.45) is -1.77. The predicted molar refractivity (Wildman–Crippen MR) is 90.9 cm³/mol. The quantitative estimate of drug-likeness (QED) is 0.804. The Morgan fingerprint density at radius 2 is 2.16 bits per heavy atom. The molecule has 1 N–H and O–H groups in total. The van der Waals surface area contributed by atoms with Crippen LogP contribution in [0.25, 0.3) is 0 Å². The van der Waals surface area contributed by atoms with E-state index >= 15 is 0 Å². The lowest BCUT2D eigenvalue weighted by atomic mass is 9.93. The normalized spacial score (nSPS) is 16.6. The fourth-order valence-electron chi connectivity index (χ4n) is 2.77. The molecule has 0 amide bonds. The van der Waals surface area contributed by atoms with Gasteiger partial charge >= 0.3 is 0 Å². The summed E-state index contributed by atoms with van der Waals surface area (Å²) in [4.78, 5) is 29.4. The minimum Gasteiger partial charge on any atom is -0.395 e. The molecule has 1 aliphatic heterocycles. The third-order valence-electron chi connectivity index (χ3n) is 4.04. The van der Waals surface area contributed by atoms with Gasteiger partial charge in [-0.15, -0.1) is 0 Å². The van der Waals surface area contributed by atoms with Crippen LogP contribution in [-0.4, -0.2) is 42.5 Å². The van der Waals surface area contributed by atoms with E-state index in [1.54, 1.807) is 0 Å². The number of ketones is 1. The number of nitrogens with one attached hydrogen (secondary N) is 1. The lowest BCUT2D eigenvalue weighted by Crippen LogP contribution is -2.21. The molecule has 0 radical (unpaired) electrons. The molecule has 0 aliphatic carbocycles. The fourth-order valence-corrected chi connectivity index (χ4v) is 3.55. The van der Waals surface area contributed by atoms with Gasteiger partial charge < -0.3 is 9.94 Å². The number of aryl methyl sites for hydroxylation is 1. The van der Waals surface area contributed by atoms with Crippen molar-refractivity contribution in [3.63, 3.8) is 0 Å². The second kappa shape index (κ2) is 5.99. The van der Waals surface area contributed by atoms with Crippen LogP contribution in [0.1, 0.15) is 37.6 Å². The number of hydrogen-bond donors (Lipinski definition) is 1. The molecule has 0 saturated heterocycles. The maximum Gasteiger partial charge on any atom is 0.277 e. The summed E-state index contributed by atoms with van der Waals surface area (Å²) in [5, 5.41) is 6.40. The third-order valence-corrected chi connectivity index (χ3v) is 4.96. The smallest absolute Gasteiger partial charge is 0.277 e. The second-order valence-electron chi connectivity index (χ2n) is 5.62. The van der Waals surface area contributed by atoms with E-state index in [0.29, 0.717) is 0 Å². The number of hydrogen-bond acceptors (Lipinski definition) is 6. The number of aromatic amines is 1. The molecule has 1 aromatic carbocycles. The van der Waals surface area contributed by atoms with Crippen LogP contribution in [0.4, 0.5) is 0 Å². The van der Waals surface area contributed by atoms with Gasteiger partial charge in [0.05, 0.1) is 10.6 Å². The van der Waals surface area contributed by atoms with Gasteiger partial charge in [-0.1, -0.05) is 5.16 Å². The van der Waals surface area contributed by atoms with Gasteiger partial charge in [-0.3, -0.25) is 14.3 Å². The first-order valence-electron chi connectivity index (χ1n) is 8.83. The van der Waals surface area contributed by atoms with E-state index in [4.69, 9.17) is 8.95 Å². The van der Waals surface area contributed by atoms with Gasteiger partial charge in [-0.25, -0.2) is 8.42 Å². The average Bonchev–Trinajstić information content (AvgIpc) is 3.24. The van der Waals surface area contributed by atoms with Crippen LogP contribution in [0.15, 0.2) is 33.2 Å². The first-order valence-corrected chi connectivity index (χ1v) is 8.81. The van der Waals surface area contributed by atoms with Crippen molar-refractivity contribution in [1.29, 1.82) is 0 Å². The highest BCUT2D eigenvalue weighted by atomic mass is 32.2. The molecule has 2 aromatic rings. The number of carbonyl (C=O) groups is 1. The Labute approximate surface area is 148 Å². The first kappa shape index (κ1) is 13.6. The van der Waals surface area contributed by atoms with Gasteiger partial charge in [-0.05, 0) is 24.6 Å². The average molecular weight is 366 g/mol. The van der Waals surface area contributed by atoms with Gasteiger partial charge in [0.25, 0.3) is 5.56 Å². The molecule has 25 heavy (non-hydrogen) atoms. The molecule has 0 fully saturated rings. The van der Waals surface area contributed by atoms with Crippen LogP contribution >= 0.6 is 0 Å². The molecule has 9 heteroatoms. The van der Waals surface area contributed by atoms with Crippen molar-refractivity contribution in [2.24, 2.45) is 12.2 Å². The Kier molecular flexibility index (Phi) is 3.26. The summed E-state index contributed by atoms with van der Waals surface area (Å²) in [7, 11) is -3.25. The van der Waals surface area contributed by atoms with Crippen LogP contribution < -0.4 is 5.56 Å². The van der Waals surface area contributed by atoms with Gasteiger partial charge in [0.15, 0.2) is 15.6 Å². The molecule has 132 valence electrons. The minimum atomic E-state index is -4.70. The number of benzene rings is 1. The monoisotopic (exact) mass is 366 g/mol. The van der Waals surface area contributed by atoms with E-state index in [9.17, 15) is 18.0 Å². The standard InChI is InChI=1S/C16H17N3O5S/c1-9-10(15(20)11-8-17-19(2)16(11)21)4-5-13(25(3,22)23)14(9)12-6-7-24-18-12/h4-5,8,17H,6-7H2,1-3H3/i3D3. The predicted octanol–water partition coefficient (Wildman–Crippen LogP) is 0.781. The van der Waals surface area contributed by atoms with Crippen LogP contribution in [0.3, 0.4) is 0 Å². The molecule has 0 atom stereocenters. The maximum atomic E-state index is 12.9. The van der Waals surface area contributed by atoms with E-state index in [0.717, 1.165) is 10.7 Å². The summed E-state index contributed by atoms with van der Waals surface area (Å²) in [5.41, 5.74) is -0.114. The molecule has 2 heterocycles. The van der Waals surface area contributed by atoms with Crippen LogP contribution in [0.2, 0.25) is 0 Å². The second-order valence-corrected chi connectivity index (χ2v) is 7.06. The van der Waals surface area contributed by atoms with Crippen LogP contribution in [0.5, 0.6) is 0 Å². The molecule has 1 aliphatic rings. The molecular formula is C16H17N3O5S. The SMILES string of the molecule is [2H]C([2H])([2H])S(=O)(=O)c1ccc(C(=O)c2c[nH]n(C)c2=O)c(C)c1C1=NOCC1. The highest BCUT2D eigenvalue weighted by Gasteiger charge is 2.27. The number of H-pyrrole nitrogens is 1. The van der Waals surface area contributed by atoms with Crippen molar-refractivity contribution in [2.45, 2.75) is 18.2 Å². The summed E-state index contributed by atoms with van der Waals surface area (Å²) < 4.78 is 48.4. The number of sulfone groups is 1. The molecule has 0 bridgehead atoms. The number of carbonyl (C=O) groups excluding carboxylic acids is 1. The Morgan fingerprint density at radius 1 is 1.40 bits per heavy atom. The molecule has 0 unspecified atom stereocenters. The zero-order valence-electron chi connectivity index (χ0n) is 16.5. The molecule has 3 rings (SSSR count). The van der Waals surface area contributed by atoms with E-state index in [1.165, 1.54) is 26.2 Å². The van der Waals surface area contributed by atoms with Crippen LogP contribution in [0, 0.1) is 6.92 Å². The van der Waals surface area contributed by atoms with Crippen molar-refractivity contribution in [3.05, 3.63) is 50.9 Å². The number of oxime groups is 1. The third kappa shape index (κ3) is 2.91. The van der Waals surface area contributed by atoms with Crippen molar-refractivity contribution in [2.75, 3.05) is 12.8 Å². The van der Waals surface area contributed by atoms with E-state index in [1.807, 2.05) is 0 Å². The van der Waals surface area contributed by atoms with E-state index < -0.39 is 32.3 Å². The van der Waals surface area contributed by atoms with Crippen molar-refractivity contribution < 1.29 is 22.2 Å². The number of aromatic nitrogens is 2. The highest BCUT2D eigenvalue weighted by Crippen LogP contribution is 2.27. The van der Waals surface area contributed by atoms with Gasteiger partial charge in [0.1, 0.15) is 12.2 Å².